The number of hydrogen-bond acceptors (Lipinski definition) is 3. The predicted molar refractivity (Wildman–Crippen MR) is 49.2 cm³/mol. The number of hydrogen-bond donors (Lipinski definition) is 3. The summed E-state index contributed by atoms with van der Waals surface area (Å²) in [5.41, 5.74) is 8.54. The monoisotopic (exact) mass is 181 g/mol. The maximum absolute atomic E-state index is 9.57. The molecule has 0 aromatic carbocycles. The molecule has 1 aliphatic rings. The second-order valence-electron chi connectivity index (χ2n) is 3.52. The largest absolute Gasteiger partial charge is 0.385 e. The van der Waals surface area contributed by atoms with Crippen LogP contribution >= 0.6 is 0 Å². The number of H-pyrrole nitrogens is 1. The van der Waals surface area contributed by atoms with Crippen LogP contribution in [-0.2, 0) is 12.8 Å². The van der Waals surface area contributed by atoms with Gasteiger partial charge in [-0.1, -0.05) is 0 Å². The van der Waals surface area contributed by atoms with Crippen molar-refractivity contribution in [2.24, 2.45) is 5.73 Å². The number of aromatic amines is 1. The lowest BCUT2D eigenvalue weighted by molar-refractivity contribution is 0.180. The maximum Gasteiger partial charge on any atom is 0.110 e. The van der Waals surface area contributed by atoms with E-state index in [2.05, 4.69) is 10.2 Å². The van der Waals surface area contributed by atoms with E-state index in [0.717, 1.165) is 18.5 Å². The van der Waals surface area contributed by atoms with E-state index in [9.17, 15) is 5.11 Å². The van der Waals surface area contributed by atoms with Crippen molar-refractivity contribution in [1.29, 1.82) is 0 Å². The Bertz CT molecular complexity index is 295. The van der Waals surface area contributed by atoms with Gasteiger partial charge in [-0.05, 0) is 31.2 Å². The molecule has 0 amide bonds. The van der Waals surface area contributed by atoms with E-state index in [0.29, 0.717) is 0 Å². The summed E-state index contributed by atoms with van der Waals surface area (Å²) in [7, 11) is 0. The van der Waals surface area contributed by atoms with Gasteiger partial charge in [0.15, 0.2) is 0 Å². The van der Waals surface area contributed by atoms with E-state index in [1.54, 1.807) is 0 Å². The van der Waals surface area contributed by atoms with Crippen molar-refractivity contribution in [2.45, 2.75) is 31.8 Å². The topological polar surface area (TPSA) is 74.9 Å². The van der Waals surface area contributed by atoms with E-state index in [1.807, 2.05) is 0 Å². The number of aryl methyl sites for hydroxylation is 1. The third-order valence-electron chi connectivity index (χ3n) is 2.63. The van der Waals surface area contributed by atoms with Crippen LogP contribution < -0.4 is 5.73 Å². The minimum absolute atomic E-state index is 0.247. The Balaban J connectivity index is 2.31. The highest BCUT2D eigenvalue weighted by Crippen LogP contribution is 2.25. The molecular formula is C9H15N3O. The summed E-state index contributed by atoms with van der Waals surface area (Å²) in [5.74, 6) is 0. The lowest BCUT2D eigenvalue weighted by Crippen LogP contribution is -2.14. The Labute approximate surface area is 77.1 Å². The average Bonchev–Trinajstić information content (AvgIpc) is 2.60. The minimum Gasteiger partial charge on any atom is -0.385 e. The van der Waals surface area contributed by atoms with Crippen LogP contribution in [-0.4, -0.2) is 21.8 Å². The van der Waals surface area contributed by atoms with Gasteiger partial charge in [0.05, 0.1) is 5.69 Å². The van der Waals surface area contributed by atoms with Gasteiger partial charge < -0.3 is 10.8 Å². The van der Waals surface area contributed by atoms with Gasteiger partial charge in [-0.25, -0.2) is 0 Å². The first-order valence-electron chi connectivity index (χ1n) is 4.77. The van der Waals surface area contributed by atoms with E-state index in [1.165, 1.54) is 24.1 Å². The van der Waals surface area contributed by atoms with Crippen LogP contribution in [0.2, 0.25) is 0 Å². The molecule has 0 radical (unpaired) electrons. The summed E-state index contributed by atoms with van der Waals surface area (Å²) in [4.78, 5) is 0. The smallest absolute Gasteiger partial charge is 0.110 e. The highest BCUT2D eigenvalue weighted by atomic mass is 16.3. The van der Waals surface area contributed by atoms with Crippen LogP contribution in [0.3, 0.4) is 0 Å². The highest BCUT2D eigenvalue weighted by molar-refractivity contribution is 5.29. The number of nitrogens with one attached hydrogen (secondary N) is 1. The molecule has 4 N–H and O–H groups in total. The fourth-order valence-electron chi connectivity index (χ4n) is 1.89. The predicted octanol–water partition coefficient (Wildman–Crippen LogP) is 0.281. The third kappa shape index (κ3) is 1.47. The normalized spacial score (nSPS) is 18.3. The Kier molecular flexibility index (Phi) is 2.33. The first-order valence-corrected chi connectivity index (χ1v) is 4.77. The lowest BCUT2D eigenvalue weighted by Gasteiger charge is -2.12. The molecule has 0 bridgehead atoms. The molecule has 0 saturated heterocycles. The van der Waals surface area contributed by atoms with Crippen molar-refractivity contribution in [3.05, 3.63) is 17.0 Å². The molecule has 1 heterocycles. The number of rotatable bonds is 2. The van der Waals surface area contributed by atoms with Gasteiger partial charge >= 0.3 is 0 Å². The fourth-order valence-corrected chi connectivity index (χ4v) is 1.89. The molecule has 1 atom stereocenters. The summed E-state index contributed by atoms with van der Waals surface area (Å²) < 4.78 is 0. The molecule has 4 nitrogen and oxygen atoms in total. The van der Waals surface area contributed by atoms with Crippen LogP contribution in [0.1, 0.15) is 35.9 Å². The molecule has 13 heavy (non-hydrogen) atoms. The summed E-state index contributed by atoms with van der Waals surface area (Å²) in [6.45, 7) is 0.247. The number of fused-ring (bicyclic) bond motifs is 1. The van der Waals surface area contributed by atoms with E-state index in [-0.39, 0.29) is 6.54 Å². The first kappa shape index (κ1) is 8.72. The number of nitrogens with zero attached hydrogens (tertiary/aromatic N) is 1. The second-order valence-corrected chi connectivity index (χ2v) is 3.52. The lowest BCUT2D eigenvalue weighted by atomic mass is 9.94. The van der Waals surface area contributed by atoms with Gasteiger partial charge in [0.2, 0.25) is 0 Å². The van der Waals surface area contributed by atoms with Gasteiger partial charge in [0.25, 0.3) is 0 Å². The Morgan fingerprint density at radius 1 is 1.46 bits per heavy atom. The van der Waals surface area contributed by atoms with Gasteiger partial charge in [-0.2, -0.15) is 5.10 Å². The summed E-state index contributed by atoms with van der Waals surface area (Å²) >= 11 is 0. The summed E-state index contributed by atoms with van der Waals surface area (Å²) in [5, 5.41) is 16.7. The van der Waals surface area contributed by atoms with Gasteiger partial charge in [0.1, 0.15) is 6.10 Å². The molecule has 4 heteroatoms. The van der Waals surface area contributed by atoms with Crippen LogP contribution in [0.4, 0.5) is 0 Å². The van der Waals surface area contributed by atoms with Gasteiger partial charge in [-0.3, -0.25) is 5.10 Å². The van der Waals surface area contributed by atoms with Crippen molar-refractivity contribution in [3.8, 4) is 0 Å². The molecule has 2 rings (SSSR count). The zero-order valence-corrected chi connectivity index (χ0v) is 7.58. The van der Waals surface area contributed by atoms with Crippen molar-refractivity contribution in [3.63, 3.8) is 0 Å². The molecule has 0 saturated carbocycles. The molecular weight excluding hydrogens is 166 g/mol. The quantitative estimate of drug-likeness (QED) is 0.613. The molecule has 1 unspecified atom stereocenters. The number of aliphatic hydroxyl groups is 1. The number of aliphatic hydroxyl groups excluding tert-OH is 1. The Morgan fingerprint density at radius 2 is 2.23 bits per heavy atom. The van der Waals surface area contributed by atoms with Crippen LogP contribution in [0, 0.1) is 0 Å². The maximum atomic E-state index is 9.57. The Morgan fingerprint density at radius 3 is 3.00 bits per heavy atom. The zero-order valence-electron chi connectivity index (χ0n) is 7.58. The van der Waals surface area contributed by atoms with Crippen molar-refractivity contribution in [2.75, 3.05) is 6.54 Å². The van der Waals surface area contributed by atoms with E-state index in [4.69, 9.17) is 5.73 Å². The van der Waals surface area contributed by atoms with E-state index >= 15 is 0 Å². The zero-order chi connectivity index (χ0) is 9.26. The first-order chi connectivity index (χ1) is 6.33. The highest BCUT2D eigenvalue weighted by Gasteiger charge is 2.20. The number of aromatic nitrogens is 2. The minimum atomic E-state index is -0.599. The van der Waals surface area contributed by atoms with Crippen LogP contribution in [0.25, 0.3) is 0 Å². The van der Waals surface area contributed by atoms with E-state index < -0.39 is 6.10 Å². The van der Waals surface area contributed by atoms with Crippen LogP contribution in [0.5, 0.6) is 0 Å². The number of nitrogens with two attached hydrogens (primary N) is 1. The molecule has 1 aromatic heterocycles. The summed E-state index contributed by atoms with van der Waals surface area (Å²) in [6.07, 6.45) is 3.89. The molecule has 0 fully saturated rings. The molecule has 0 spiro atoms. The second kappa shape index (κ2) is 3.47. The fraction of sp³-hybridized carbons (Fsp3) is 0.667. The summed E-state index contributed by atoms with van der Waals surface area (Å²) in [6, 6.07) is 0. The Hall–Kier alpha value is -0.870. The van der Waals surface area contributed by atoms with Crippen LogP contribution in [0.15, 0.2) is 0 Å². The SMILES string of the molecule is NCC(O)c1n[nH]c2c1CCCC2. The van der Waals surface area contributed by atoms with Gasteiger partial charge in [0, 0.05) is 12.2 Å². The standard InChI is InChI=1S/C9H15N3O/c10-5-8(13)9-6-3-1-2-4-7(6)11-12-9/h8,13H,1-5,10H2,(H,11,12). The molecule has 72 valence electrons. The molecule has 0 aliphatic heterocycles. The molecule has 1 aromatic rings. The molecule has 1 aliphatic carbocycles. The van der Waals surface area contributed by atoms with Gasteiger partial charge in [-0.15, -0.1) is 0 Å². The average molecular weight is 181 g/mol. The van der Waals surface area contributed by atoms with Crippen molar-refractivity contribution in [1.82, 2.24) is 10.2 Å². The van der Waals surface area contributed by atoms with Crippen molar-refractivity contribution < 1.29 is 5.11 Å². The van der Waals surface area contributed by atoms with Crippen molar-refractivity contribution >= 4 is 0 Å². The third-order valence-corrected chi connectivity index (χ3v) is 2.63.